The van der Waals surface area contributed by atoms with Gasteiger partial charge in [-0.1, -0.05) is 24.3 Å². The molecule has 2 atom stereocenters. The molecule has 0 bridgehead atoms. The third kappa shape index (κ3) is 2.43. The smallest absolute Gasteiger partial charge is 0.0612 e. The molecule has 0 spiro atoms. The van der Waals surface area contributed by atoms with E-state index in [0.29, 0.717) is 12.1 Å². The minimum Gasteiger partial charge on any atom is -0.360 e. The van der Waals surface area contributed by atoms with Crippen molar-refractivity contribution in [1.29, 1.82) is 0 Å². The molecule has 22 heavy (non-hydrogen) atoms. The van der Waals surface area contributed by atoms with Crippen molar-refractivity contribution in [2.24, 2.45) is 0 Å². The molecule has 0 saturated heterocycles. The van der Waals surface area contributed by atoms with Crippen molar-refractivity contribution in [1.82, 2.24) is 0 Å². The largest absolute Gasteiger partial charge is 0.360 e. The van der Waals surface area contributed by atoms with Crippen LogP contribution in [0.1, 0.15) is 54.4 Å². The number of rotatable bonds is 0. The number of fused-ring (bicyclic) bond motifs is 2. The highest BCUT2D eigenvalue weighted by atomic mass is 15.4. The Kier molecular flexibility index (Phi) is 3.54. The molecule has 2 aliphatic rings. The summed E-state index contributed by atoms with van der Waals surface area (Å²) in [6, 6.07) is 10.1. The van der Waals surface area contributed by atoms with Crippen LogP contribution in [0.15, 0.2) is 36.4 Å². The Labute approximate surface area is 135 Å². The molecule has 0 aromatic heterocycles. The molecule has 3 rings (SSSR count). The van der Waals surface area contributed by atoms with Crippen LogP contribution in [-0.2, 0) is 0 Å². The van der Waals surface area contributed by atoms with E-state index >= 15 is 0 Å². The lowest BCUT2D eigenvalue weighted by Gasteiger charge is -2.58. The molecule has 1 aliphatic heterocycles. The number of hydrogen-bond donors (Lipinski definition) is 0. The van der Waals surface area contributed by atoms with Gasteiger partial charge in [-0.2, -0.15) is 0 Å². The maximum Gasteiger partial charge on any atom is 0.0612 e. The third-order valence-electron chi connectivity index (χ3n) is 4.88. The average molecular weight is 298 g/mol. The Hall–Kier alpha value is -1.44. The fourth-order valence-electron chi connectivity index (χ4n) is 4.29. The molecule has 120 valence electrons. The zero-order chi connectivity index (χ0) is 16.1. The van der Waals surface area contributed by atoms with Crippen LogP contribution in [0.2, 0.25) is 0 Å². The number of nitrogens with zero attached hydrogens (tertiary/aromatic N) is 2. The van der Waals surface area contributed by atoms with Crippen molar-refractivity contribution in [3.63, 3.8) is 0 Å². The lowest BCUT2D eigenvalue weighted by atomic mass is 9.83. The third-order valence-corrected chi connectivity index (χ3v) is 4.88. The normalized spacial score (nSPS) is 25.0. The second-order valence-electron chi connectivity index (χ2n) is 8.65. The zero-order valence-corrected chi connectivity index (χ0v) is 14.9. The predicted octanol–water partition coefficient (Wildman–Crippen LogP) is 5.00. The second kappa shape index (κ2) is 5.04. The minimum atomic E-state index is 0.133. The van der Waals surface area contributed by atoms with E-state index in [-0.39, 0.29) is 11.1 Å². The first-order valence-corrected chi connectivity index (χ1v) is 8.54. The van der Waals surface area contributed by atoms with Crippen LogP contribution < -0.4 is 9.80 Å². The summed E-state index contributed by atoms with van der Waals surface area (Å²) in [6.45, 7) is 14.0. The van der Waals surface area contributed by atoms with E-state index in [0.717, 1.165) is 12.8 Å². The molecule has 0 radical (unpaired) electrons. The van der Waals surface area contributed by atoms with Gasteiger partial charge in [0, 0.05) is 11.1 Å². The van der Waals surface area contributed by atoms with Crippen LogP contribution in [0.4, 0.5) is 11.4 Å². The molecule has 1 heterocycles. The van der Waals surface area contributed by atoms with Crippen LogP contribution >= 0.6 is 0 Å². The molecule has 0 amide bonds. The van der Waals surface area contributed by atoms with Crippen LogP contribution in [0.3, 0.4) is 0 Å². The van der Waals surface area contributed by atoms with Gasteiger partial charge in [-0.05, 0) is 66.5 Å². The molecule has 2 nitrogen and oxygen atoms in total. The Morgan fingerprint density at radius 2 is 1.09 bits per heavy atom. The molecule has 0 N–H and O–H groups in total. The summed E-state index contributed by atoms with van der Waals surface area (Å²) in [5.41, 5.74) is 3.05. The molecular weight excluding hydrogens is 268 g/mol. The Morgan fingerprint density at radius 1 is 0.727 bits per heavy atom. The molecule has 0 saturated carbocycles. The molecular formula is C20H30N2. The molecule has 1 aromatic carbocycles. The minimum absolute atomic E-state index is 0.133. The molecule has 1 aromatic rings. The standard InChI is InChI=1S/C20H30N2/c1-19(2,3)21-15-11-7-9-13-17(15)22(20(4,5)6)18-14-10-8-12-16(18)21/h7-11,13,16,18H,12,14H2,1-6H3. The zero-order valence-electron chi connectivity index (χ0n) is 14.9. The summed E-state index contributed by atoms with van der Waals surface area (Å²) >= 11 is 0. The first-order valence-electron chi connectivity index (χ1n) is 8.54. The van der Waals surface area contributed by atoms with Crippen molar-refractivity contribution in [3.8, 4) is 0 Å². The van der Waals surface area contributed by atoms with Gasteiger partial charge in [0.25, 0.3) is 0 Å². The van der Waals surface area contributed by atoms with E-state index in [9.17, 15) is 0 Å². The quantitative estimate of drug-likeness (QED) is 0.622. The van der Waals surface area contributed by atoms with Gasteiger partial charge in [-0.3, -0.25) is 0 Å². The monoisotopic (exact) mass is 298 g/mol. The lowest BCUT2D eigenvalue weighted by molar-refractivity contribution is 0.318. The summed E-state index contributed by atoms with van der Waals surface area (Å²) < 4.78 is 0. The molecule has 0 fully saturated rings. The van der Waals surface area contributed by atoms with Crippen molar-refractivity contribution in [2.45, 2.75) is 77.5 Å². The summed E-state index contributed by atoms with van der Waals surface area (Å²) in [7, 11) is 0. The maximum absolute atomic E-state index is 2.67. The number of benzene rings is 1. The van der Waals surface area contributed by atoms with E-state index in [4.69, 9.17) is 0 Å². The number of para-hydroxylation sites is 2. The van der Waals surface area contributed by atoms with Gasteiger partial charge in [-0.25, -0.2) is 0 Å². The van der Waals surface area contributed by atoms with Gasteiger partial charge < -0.3 is 9.80 Å². The fraction of sp³-hybridized carbons (Fsp3) is 0.600. The SMILES string of the molecule is CC(C)(C)N1c2ccccc2N(C(C)(C)C)C2CC=CCC21. The van der Waals surface area contributed by atoms with Gasteiger partial charge in [-0.15, -0.1) is 0 Å². The van der Waals surface area contributed by atoms with Gasteiger partial charge in [0.15, 0.2) is 0 Å². The Morgan fingerprint density at radius 3 is 1.41 bits per heavy atom. The van der Waals surface area contributed by atoms with Gasteiger partial charge >= 0.3 is 0 Å². The molecule has 2 heteroatoms. The summed E-state index contributed by atoms with van der Waals surface area (Å²) in [5.74, 6) is 0. The summed E-state index contributed by atoms with van der Waals surface area (Å²) in [4.78, 5) is 5.33. The van der Waals surface area contributed by atoms with Crippen molar-refractivity contribution >= 4 is 11.4 Å². The highest BCUT2D eigenvalue weighted by Crippen LogP contribution is 2.47. The van der Waals surface area contributed by atoms with E-state index in [2.05, 4.69) is 87.8 Å². The van der Waals surface area contributed by atoms with Gasteiger partial charge in [0.05, 0.1) is 23.5 Å². The van der Waals surface area contributed by atoms with E-state index in [1.54, 1.807) is 0 Å². The van der Waals surface area contributed by atoms with E-state index < -0.39 is 0 Å². The van der Waals surface area contributed by atoms with Crippen LogP contribution in [0, 0.1) is 0 Å². The number of anilines is 2. The Balaban J connectivity index is 2.21. The predicted molar refractivity (Wildman–Crippen MR) is 96.9 cm³/mol. The van der Waals surface area contributed by atoms with Crippen molar-refractivity contribution in [3.05, 3.63) is 36.4 Å². The topological polar surface area (TPSA) is 6.48 Å². The van der Waals surface area contributed by atoms with Crippen LogP contribution in [0.25, 0.3) is 0 Å². The van der Waals surface area contributed by atoms with Crippen molar-refractivity contribution in [2.75, 3.05) is 9.80 Å². The van der Waals surface area contributed by atoms with Gasteiger partial charge in [0.1, 0.15) is 0 Å². The highest BCUT2D eigenvalue weighted by Gasteiger charge is 2.45. The van der Waals surface area contributed by atoms with E-state index in [1.807, 2.05) is 0 Å². The molecule has 2 unspecified atom stereocenters. The first-order chi connectivity index (χ1) is 10.2. The maximum atomic E-state index is 2.67. The molecule has 1 aliphatic carbocycles. The summed E-state index contributed by atoms with van der Waals surface area (Å²) in [6.07, 6.45) is 7.02. The second-order valence-corrected chi connectivity index (χ2v) is 8.65. The lowest BCUT2D eigenvalue weighted by Crippen LogP contribution is -2.65. The van der Waals surface area contributed by atoms with Gasteiger partial charge in [0.2, 0.25) is 0 Å². The number of hydrogen-bond acceptors (Lipinski definition) is 2. The summed E-state index contributed by atoms with van der Waals surface area (Å²) in [5, 5.41) is 0. The fourth-order valence-corrected chi connectivity index (χ4v) is 4.29. The van der Waals surface area contributed by atoms with Crippen LogP contribution in [-0.4, -0.2) is 23.2 Å². The first kappa shape index (κ1) is 15.5. The van der Waals surface area contributed by atoms with E-state index in [1.165, 1.54) is 11.4 Å². The average Bonchev–Trinajstić information content (AvgIpc) is 2.41. The van der Waals surface area contributed by atoms with Crippen LogP contribution in [0.5, 0.6) is 0 Å². The Bertz CT molecular complexity index is 523. The van der Waals surface area contributed by atoms with Crippen molar-refractivity contribution < 1.29 is 0 Å². The highest BCUT2D eigenvalue weighted by molar-refractivity contribution is 5.77.